The molecular weight excluding hydrogens is 284 g/mol. The van der Waals surface area contributed by atoms with Crippen LogP contribution < -0.4 is 20.9 Å². The van der Waals surface area contributed by atoms with Gasteiger partial charge in [-0.15, -0.1) is 0 Å². The van der Waals surface area contributed by atoms with E-state index in [1.165, 1.54) is 20.4 Å². The Kier molecular flexibility index (Phi) is 4.09. The number of rotatable bonds is 4. The Balaban J connectivity index is 2.69. The highest BCUT2D eigenvalue weighted by Crippen LogP contribution is 2.41. The fraction of sp³-hybridized carbons (Fsp3) is 0.333. The fourth-order valence-corrected chi connectivity index (χ4v) is 2.30. The van der Waals surface area contributed by atoms with Crippen LogP contribution in [0.5, 0.6) is 11.5 Å². The lowest BCUT2D eigenvalue weighted by atomic mass is 9.93. The van der Waals surface area contributed by atoms with E-state index in [0.29, 0.717) is 28.2 Å². The van der Waals surface area contributed by atoms with E-state index in [1.807, 2.05) is 0 Å². The van der Waals surface area contributed by atoms with Crippen molar-refractivity contribution in [3.8, 4) is 22.6 Å². The van der Waals surface area contributed by atoms with Gasteiger partial charge in [-0.25, -0.2) is 4.98 Å². The molecule has 1 heterocycles. The fourth-order valence-electron chi connectivity index (χ4n) is 2.30. The third kappa shape index (κ3) is 2.89. The zero-order valence-corrected chi connectivity index (χ0v) is 13.0. The highest BCUT2D eigenvalue weighted by molar-refractivity contribution is 5.77. The monoisotopic (exact) mass is 304 g/mol. The number of aromatic nitrogens is 2. The Morgan fingerprint density at radius 3 is 2.05 bits per heavy atom. The van der Waals surface area contributed by atoms with Crippen LogP contribution in [0, 0.1) is 0 Å². The van der Waals surface area contributed by atoms with Crippen LogP contribution >= 0.6 is 0 Å². The summed E-state index contributed by atoms with van der Waals surface area (Å²) in [6, 6.07) is 3.50. The van der Waals surface area contributed by atoms with Crippen LogP contribution in [0.3, 0.4) is 0 Å². The zero-order valence-electron chi connectivity index (χ0n) is 13.0. The summed E-state index contributed by atoms with van der Waals surface area (Å²) in [7, 11) is 3.05. The second-order valence-electron chi connectivity index (χ2n) is 5.34. The first-order valence-electron chi connectivity index (χ1n) is 6.65. The minimum atomic E-state index is -1.13. The standard InChI is InChI=1S/C15H20N4O3/c1-15(2,20)12-10(21-3)5-8(6-11(12)22-4)9-7-18-14(17)19-13(9)16/h5-7,20H,1-4H3,(H4,16,17,18,19). The first-order chi connectivity index (χ1) is 10.3. The van der Waals surface area contributed by atoms with Gasteiger partial charge in [-0.3, -0.25) is 0 Å². The zero-order chi connectivity index (χ0) is 16.5. The highest BCUT2D eigenvalue weighted by Gasteiger charge is 2.27. The number of nitrogen functional groups attached to an aromatic ring is 2. The van der Waals surface area contributed by atoms with Gasteiger partial charge in [0.1, 0.15) is 17.3 Å². The number of benzene rings is 1. The van der Waals surface area contributed by atoms with Crippen molar-refractivity contribution in [3.63, 3.8) is 0 Å². The number of aliphatic hydroxyl groups is 1. The lowest BCUT2D eigenvalue weighted by molar-refractivity contribution is 0.0726. The first kappa shape index (κ1) is 15.8. The van der Waals surface area contributed by atoms with E-state index in [2.05, 4.69) is 9.97 Å². The van der Waals surface area contributed by atoms with Gasteiger partial charge in [0.25, 0.3) is 0 Å². The largest absolute Gasteiger partial charge is 0.496 e. The summed E-state index contributed by atoms with van der Waals surface area (Å²) in [4.78, 5) is 7.90. The number of nitrogens with zero attached hydrogens (tertiary/aromatic N) is 2. The average molecular weight is 304 g/mol. The van der Waals surface area contributed by atoms with Gasteiger partial charge in [-0.2, -0.15) is 4.98 Å². The highest BCUT2D eigenvalue weighted by atomic mass is 16.5. The molecule has 0 bridgehead atoms. The van der Waals surface area contributed by atoms with Gasteiger partial charge in [0, 0.05) is 11.8 Å². The van der Waals surface area contributed by atoms with E-state index in [0.717, 1.165) is 0 Å². The van der Waals surface area contributed by atoms with Crippen LogP contribution in [0.4, 0.5) is 11.8 Å². The summed E-state index contributed by atoms with van der Waals surface area (Å²) in [6.45, 7) is 3.32. The minimum Gasteiger partial charge on any atom is -0.496 e. The summed E-state index contributed by atoms with van der Waals surface area (Å²) in [5, 5.41) is 10.3. The lowest BCUT2D eigenvalue weighted by Crippen LogP contribution is -2.18. The molecular formula is C15H20N4O3. The topological polar surface area (TPSA) is 117 Å². The molecule has 0 unspecified atom stereocenters. The van der Waals surface area contributed by atoms with Crippen molar-refractivity contribution in [1.82, 2.24) is 9.97 Å². The van der Waals surface area contributed by atoms with Gasteiger partial charge >= 0.3 is 0 Å². The quantitative estimate of drug-likeness (QED) is 0.784. The molecule has 0 aliphatic carbocycles. The van der Waals surface area contributed by atoms with E-state index in [4.69, 9.17) is 20.9 Å². The van der Waals surface area contributed by atoms with Gasteiger partial charge in [0.15, 0.2) is 0 Å². The SMILES string of the molecule is COc1cc(-c2cnc(N)nc2N)cc(OC)c1C(C)(C)O. The van der Waals surface area contributed by atoms with Crippen molar-refractivity contribution in [3.05, 3.63) is 23.9 Å². The van der Waals surface area contributed by atoms with E-state index >= 15 is 0 Å². The van der Waals surface area contributed by atoms with Crippen molar-refractivity contribution in [2.45, 2.75) is 19.4 Å². The lowest BCUT2D eigenvalue weighted by Gasteiger charge is -2.24. The molecule has 0 atom stereocenters. The van der Waals surface area contributed by atoms with Crippen molar-refractivity contribution in [2.24, 2.45) is 0 Å². The molecule has 0 aliphatic rings. The van der Waals surface area contributed by atoms with E-state index in [1.54, 1.807) is 26.0 Å². The molecule has 2 aromatic rings. The Bertz CT molecular complexity index is 671. The van der Waals surface area contributed by atoms with Crippen molar-refractivity contribution in [1.29, 1.82) is 0 Å². The molecule has 22 heavy (non-hydrogen) atoms. The maximum Gasteiger partial charge on any atom is 0.221 e. The maximum atomic E-state index is 10.3. The van der Waals surface area contributed by atoms with Crippen LogP contribution in [0.2, 0.25) is 0 Å². The minimum absolute atomic E-state index is 0.105. The van der Waals surface area contributed by atoms with E-state index in [-0.39, 0.29) is 11.8 Å². The predicted octanol–water partition coefficient (Wildman–Crippen LogP) is 1.55. The molecule has 0 radical (unpaired) electrons. The number of nitrogens with two attached hydrogens (primary N) is 2. The molecule has 7 nitrogen and oxygen atoms in total. The summed E-state index contributed by atoms with van der Waals surface area (Å²) in [6.07, 6.45) is 1.54. The Labute approximate surface area is 128 Å². The number of anilines is 2. The number of hydrogen-bond acceptors (Lipinski definition) is 7. The molecule has 1 aromatic heterocycles. The van der Waals surface area contributed by atoms with Gasteiger partial charge in [-0.05, 0) is 31.5 Å². The molecule has 0 saturated heterocycles. The Morgan fingerprint density at radius 2 is 1.64 bits per heavy atom. The smallest absolute Gasteiger partial charge is 0.221 e. The third-order valence-corrected chi connectivity index (χ3v) is 3.27. The van der Waals surface area contributed by atoms with Gasteiger partial charge in [-0.1, -0.05) is 0 Å². The van der Waals surface area contributed by atoms with Crippen molar-refractivity contribution in [2.75, 3.05) is 25.7 Å². The second kappa shape index (κ2) is 5.69. The van der Waals surface area contributed by atoms with Crippen molar-refractivity contribution >= 4 is 11.8 Å². The first-order valence-corrected chi connectivity index (χ1v) is 6.65. The van der Waals surface area contributed by atoms with E-state index in [9.17, 15) is 5.11 Å². The summed E-state index contributed by atoms with van der Waals surface area (Å²) in [5.41, 5.74) is 12.2. The molecule has 118 valence electrons. The molecule has 1 aromatic carbocycles. The molecule has 0 amide bonds. The summed E-state index contributed by atoms with van der Waals surface area (Å²) < 4.78 is 10.8. The number of methoxy groups -OCH3 is 2. The molecule has 0 saturated carbocycles. The Morgan fingerprint density at radius 1 is 1.09 bits per heavy atom. The Hall–Kier alpha value is -2.54. The third-order valence-electron chi connectivity index (χ3n) is 3.27. The van der Waals surface area contributed by atoms with Crippen LogP contribution in [0.15, 0.2) is 18.3 Å². The maximum absolute atomic E-state index is 10.3. The molecule has 5 N–H and O–H groups in total. The predicted molar refractivity (Wildman–Crippen MR) is 84.6 cm³/mol. The molecule has 2 rings (SSSR count). The van der Waals surface area contributed by atoms with Crippen LogP contribution in [-0.2, 0) is 5.60 Å². The van der Waals surface area contributed by atoms with Gasteiger partial charge < -0.3 is 26.0 Å². The number of ether oxygens (including phenoxy) is 2. The summed E-state index contributed by atoms with van der Waals surface area (Å²) >= 11 is 0. The van der Waals surface area contributed by atoms with Crippen molar-refractivity contribution < 1.29 is 14.6 Å². The van der Waals surface area contributed by atoms with Gasteiger partial charge in [0.2, 0.25) is 5.95 Å². The average Bonchev–Trinajstić information content (AvgIpc) is 2.44. The normalized spacial score (nSPS) is 11.3. The molecule has 0 fully saturated rings. The molecule has 0 spiro atoms. The second-order valence-corrected chi connectivity index (χ2v) is 5.34. The molecule has 7 heteroatoms. The number of hydrogen-bond donors (Lipinski definition) is 3. The summed E-state index contributed by atoms with van der Waals surface area (Å²) in [5.74, 6) is 1.33. The van der Waals surface area contributed by atoms with Crippen LogP contribution in [0.25, 0.3) is 11.1 Å². The molecule has 0 aliphatic heterocycles. The van der Waals surface area contributed by atoms with Crippen LogP contribution in [-0.4, -0.2) is 29.3 Å². The van der Waals surface area contributed by atoms with Crippen LogP contribution in [0.1, 0.15) is 19.4 Å². The van der Waals surface area contributed by atoms with E-state index < -0.39 is 5.60 Å². The van der Waals surface area contributed by atoms with Gasteiger partial charge in [0.05, 0.1) is 25.4 Å².